The molecule has 0 aliphatic rings. The number of esters is 1. The van der Waals surface area contributed by atoms with Crippen molar-refractivity contribution in [3.05, 3.63) is 29.8 Å². The largest absolute Gasteiger partial charge is 0.420 e. The highest BCUT2D eigenvalue weighted by molar-refractivity contribution is 5.69. The molecule has 0 bridgehead atoms. The highest BCUT2D eigenvalue weighted by Gasteiger charge is 2.10. The number of rotatable bonds is 1. The van der Waals surface area contributed by atoms with Gasteiger partial charge in [-0.3, -0.25) is 4.79 Å². The van der Waals surface area contributed by atoms with Crippen molar-refractivity contribution in [2.24, 2.45) is 0 Å². The van der Waals surface area contributed by atoms with Gasteiger partial charge in [-0.15, -0.1) is 0 Å². The molecule has 0 saturated carbocycles. The average molecular weight is 172 g/mol. The highest BCUT2D eigenvalue weighted by atomic mass is 19.1. The molecule has 0 N–H and O–H groups in total. The fourth-order valence-electron chi connectivity index (χ4n) is 0.724. The van der Waals surface area contributed by atoms with Crippen LogP contribution in [0.5, 0.6) is 5.75 Å². The van der Waals surface area contributed by atoms with Gasteiger partial charge in [0.05, 0.1) is 0 Å². The molecule has 0 radical (unpaired) electrons. The molecular weight excluding hydrogens is 166 g/mol. The summed E-state index contributed by atoms with van der Waals surface area (Å²) in [7, 11) is 0. The Kier molecular flexibility index (Phi) is 2.38. The molecule has 1 aromatic rings. The monoisotopic (exact) mass is 172 g/mol. The molecular formula is C8H6F2O2. The Morgan fingerprint density at radius 2 is 1.83 bits per heavy atom. The summed E-state index contributed by atoms with van der Waals surface area (Å²) >= 11 is 0. The van der Waals surface area contributed by atoms with Gasteiger partial charge in [0.1, 0.15) is 0 Å². The number of ether oxygens (including phenoxy) is 1. The molecule has 0 unspecified atom stereocenters. The van der Waals surface area contributed by atoms with Crippen LogP contribution in [0.15, 0.2) is 18.2 Å². The smallest absolute Gasteiger partial charge is 0.308 e. The van der Waals surface area contributed by atoms with E-state index in [1.54, 1.807) is 0 Å². The Morgan fingerprint density at radius 1 is 1.33 bits per heavy atom. The van der Waals surface area contributed by atoms with Crippen molar-refractivity contribution in [3.8, 4) is 5.75 Å². The van der Waals surface area contributed by atoms with Crippen molar-refractivity contribution < 1.29 is 18.3 Å². The zero-order valence-electron chi connectivity index (χ0n) is 6.30. The van der Waals surface area contributed by atoms with Crippen molar-refractivity contribution >= 4 is 5.97 Å². The normalized spacial score (nSPS) is 9.58. The number of hydrogen-bond acceptors (Lipinski definition) is 2. The maximum atomic E-state index is 12.7. The second-order valence-electron chi connectivity index (χ2n) is 2.14. The average Bonchev–Trinajstić information content (AvgIpc) is 1.97. The summed E-state index contributed by atoms with van der Waals surface area (Å²) in [5.41, 5.74) is 0. The molecule has 0 fully saturated rings. The fourth-order valence-corrected chi connectivity index (χ4v) is 0.724. The summed E-state index contributed by atoms with van der Waals surface area (Å²) < 4.78 is 29.7. The van der Waals surface area contributed by atoms with Crippen molar-refractivity contribution in [2.45, 2.75) is 6.92 Å². The Balaban J connectivity index is 3.04. The molecule has 0 amide bonds. The minimum Gasteiger partial charge on any atom is -0.420 e. The quantitative estimate of drug-likeness (QED) is 0.477. The van der Waals surface area contributed by atoms with Crippen LogP contribution in [-0.4, -0.2) is 5.97 Å². The molecule has 0 atom stereocenters. The molecule has 0 aliphatic heterocycles. The molecule has 0 aliphatic carbocycles. The van der Waals surface area contributed by atoms with Crippen LogP contribution < -0.4 is 4.74 Å². The van der Waals surface area contributed by atoms with Gasteiger partial charge in [-0.2, -0.15) is 0 Å². The van der Waals surface area contributed by atoms with E-state index < -0.39 is 23.4 Å². The van der Waals surface area contributed by atoms with Gasteiger partial charge in [0.2, 0.25) is 5.75 Å². The van der Waals surface area contributed by atoms with Crippen molar-refractivity contribution in [3.63, 3.8) is 0 Å². The molecule has 0 saturated heterocycles. The number of carbonyl (C=O) groups excluding carboxylic acids is 1. The summed E-state index contributed by atoms with van der Waals surface area (Å²) in [6.07, 6.45) is 0. The van der Waals surface area contributed by atoms with Gasteiger partial charge < -0.3 is 4.74 Å². The summed E-state index contributed by atoms with van der Waals surface area (Å²) in [6, 6.07) is 3.22. The summed E-state index contributed by atoms with van der Waals surface area (Å²) in [5.74, 6) is -3.17. The lowest BCUT2D eigenvalue weighted by Crippen LogP contribution is -2.04. The van der Waals surface area contributed by atoms with E-state index in [1.165, 1.54) is 6.07 Å². The van der Waals surface area contributed by atoms with E-state index in [0.717, 1.165) is 19.1 Å². The number of para-hydroxylation sites is 1. The SMILES string of the molecule is CC(=O)Oc1c(F)cccc1F. The third-order valence-corrected chi connectivity index (χ3v) is 1.16. The Labute approximate surface area is 67.8 Å². The van der Waals surface area contributed by atoms with E-state index in [1.807, 2.05) is 0 Å². The van der Waals surface area contributed by atoms with Gasteiger partial charge in [-0.05, 0) is 12.1 Å². The molecule has 12 heavy (non-hydrogen) atoms. The van der Waals surface area contributed by atoms with Crippen LogP contribution in [0.3, 0.4) is 0 Å². The number of halogens is 2. The lowest BCUT2D eigenvalue weighted by Gasteiger charge is -2.02. The predicted octanol–water partition coefficient (Wildman–Crippen LogP) is 1.89. The van der Waals surface area contributed by atoms with Gasteiger partial charge in [0, 0.05) is 6.92 Å². The number of hydrogen-bond donors (Lipinski definition) is 0. The first kappa shape index (κ1) is 8.64. The Hall–Kier alpha value is -1.45. The van der Waals surface area contributed by atoms with Gasteiger partial charge in [0.15, 0.2) is 11.6 Å². The third kappa shape index (κ3) is 1.78. The van der Waals surface area contributed by atoms with Crippen LogP contribution in [-0.2, 0) is 4.79 Å². The van der Waals surface area contributed by atoms with Crippen LogP contribution in [0.4, 0.5) is 8.78 Å². The first-order valence-electron chi connectivity index (χ1n) is 3.23. The van der Waals surface area contributed by atoms with Crippen LogP contribution in [0, 0.1) is 11.6 Å². The van der Waals surface area contributed by atoms with Crippen molar-refractivity contribution in [2.75, 3.05) is 0 Å². The fraction of sp³-hybridized carbons (Fsp3) is 0.125. The first-order valence-corrected chi connectivity index (χ1v) is 3.23. The lowest BCUT2D eigenvalue weighted by molar-refractivity contribution is -0.132. The minimum atomic E-state index is -0.884. The van der Waals surface area contributed by atoms with Crippen molar-refractivity contribution in [1.29, 1.82) is 0 Å². The molecule has 0 heterocycles. The molecule has 2 nitrogen and oxygen atoms in total. The summed E-state index contributed by atoms with van der Waals surface area (Å²) in [6.45, 7) is 1.08. The molecule has 64 valence electrons. The van der Waals surface area contributed by atoms with E-state index in [4.69, 9.17) is 0 Å². The second-order valence-corrected chi connectivity index (χ2v) is 2.14. The summed E-state index contributed by atoms with van der Waals surface area (Å²) in [5, 5.41) is 0. The zero-order valence-corrected chi connectivity index (χ0v) is 6.30. The van der Waals surface area contributed by atoms with Crippen LogP contribution >= 0.6 is 0 Å². The van der Waals surface area contributed by atoms with E-state index in [2.05, 4.69) is 4.74 Å². The van der Waals surface area contributed by atoms with Gasteiger partial charge >= 0.3 is 5.97 Å². The topological polar surface area (TPSA) is 26.3 Å². The number of carbonyl (C=O) groups is 1. The van der Waals surface area contributed by atoms with Crippen LogP contribution in [0.25, 0.3) is 0 Å². The van der Waals surface area contributed by atoms with Crippen LogP contribution in [0.1, 0.15) is 6.92 Å². The maximum Gasteiger partial charge on any atom is 0.308 e. The van der Waals surface area contributed by atoms with E-state index >= 15 is 0 Å². The molecule has 4 heteroatoms. The van der Waals surface area contributed by atoms with Gasteiger partial charge in [-0.25, -0.2) is 8.78 Å². The zero-order chi connectivity index (χ0) is 9.14. The third-order valence-electron chi connectivity index (χ3n) is 1.16. The molecule has 0 spiro atoms. The maximum absolute atomic E-state index is 12.7. The van der Waals surface area contributed by atoms with Crippen LogP contribution in [0.2, 0.25) is 0 Å². The van der Waals surface area contributed by atoms with E-state index in [-0.39, 0.29) is 0 Å². The molecule has 0 aromatic heterocycles. The summed E-state index contributed by atoms with van der Waals surface area (Å²) in [4.78, 5) is 10.4. The Bertz CT molecular complexity index is 290. The lowest BCUT2D eigenvalue weighted by atomic mass is 10.3. The van der Waals surface area contributed by atoms with E-state index in [0.29, 0.717) is 0 Å². The second kappa shape index (κ2) is 3.30. The standard InChI is InChI=1S/C8H6F2O2/c1-5(11)12-8-6(9)3-2-4-7(8)10/h2-4H,1H3. The predicted molar refractivity (Wildman–Crippen MR) is 37.7 cm³/mol. The minimum absolute atomic E-state index is 0.648. The highest BCUT2D eigenvalue weighted by Crippen LogP contribution is 2.20. The molecule has 1 rings (SSSR count). The first-order chi connectivity index (χ1) is 5.61. The van der Waals surface area contributed by atoms with Gasteiger partial charge in [-0.1, -0.05) is 6.07 Å². The van der Waals surface area contributed by atoms with Gasteiger partial charge in [0.25, 0.3) is 0 Å². The Morgan fingerprint density at radius 3 is 2.25 bits per heavy atom. The van der Waals surface area contributed by atoms with Crippen molar-refractivity contribution in [1.82, 2.24) is 0 Å². The number of benzene rings is 1. The van der Waals surface area contributed by atoms with E-state index in [9.17, 15) is 13.6 Å². The molecule has 1 aromatic carbocycles.